The van der Waals surface area contributed by atoms with Gasteiger partial charge in [0.1, 0.15) is 5.60 Å². The predicted molar refractivity (Wildman–Crippen MR) is 76.3 cm³/mol. The molecule has 0 spiro atoms. The highest BCUT2D eigenvalue weighted by atomic mass is 16.6. The monoisotopic (exact) mass is 283 g/mol. The maximum Gasteiger partial charge on any atom is 0.407 e. The zero-order chi connectivity index (χ0) is 15.2. The van der Waals surface area contributed by atoms with Crippen molar-refractivity contribution in [2.24, 2.45) is 5.92 Å². The Balaban J connectivity index is 2.30. The molecular formula is C15H25NO4. The molecule has 0 aromatic heterocycles. The Morgan fingerprint density at radius 3 is 2.25 bits per heavy atom. The molecule has 0 heterocycles. The zero-order valence-corrected chi connectivity index (χ0v) is 12.8. The van der Waals surface area contributed by atoms with Gasteiger partial charge in [0.15, 0.2) is 0 Å². The van der Waals surface area contributed by atoms with E-state index in [4.69, 9.17) is 4.74 Å². The maximum atomic E-state index is 11.7. The van der Waals surface area contributed by atoms with Crippen LogP contribution in [0.2, 0.25) is 0 Å². The third-order valence-electron chi connectivity index (χ3n) is 3.20. The van der Waals surface area contributed by atoms with Crippen LogP contribution in [0.3, 0.4) is 0 Å². The summed E-state index contributed by atoms with van der Waals surface area (Å²) in [6, 6.07) is 0.160. The lowest BCUT2D eigenvalue weighted by Crippen LogP contribution is -2.40. The lowest BCUT2D eigenvalue weighted by Gasteiger charge is -2.28. The molecule has 1 aliphatic carbocycles. The van der Waals surface area contributed by atoms with Crippen molar-refractivity contribution >= 4 is 12.1 Å². The SMILES string of the molecule is COC(=O)C=CC1CCC(NC(=O)OC(C)(C)C)CC1. The summed E-state index contributed by atoms with van der Waals surface area (Å²) in [6.45, 7) is 5.54. The van der Waals surface area contributed by atoms with Crippen LogP contribution in [-0.4, -0.2) is 30.8 Å². The van der Waals surface area contributed by atoms with Crippen LogP contribution in [0.1, 0.15) is 46.5 Å². The number of rotatable bonds is 3. The van der Waals surface area contributed by atoms with Gasteiger partial charge < -0.3 is 14.8 Å². The largest absolute Gasteiger partial charge is 0.466 e. The van der Waals surface area contributed by atoms with E-state index in [1.165, 1.54) is 13.2 Å². The number of methoxy groups -OCH3 is 1. The summed E-state index contributed by atoms with van der Waals surface area (Å²) in [4.78, 5) is 22.7. The van der Waals surface area contributed by atoms with Crippen LogP contribution in [0.25, 0.3) is 0 Å². The Labute approximate surface area is 120 Å². The van der Waals surface area contributed by atoms with E-state index in [-0.39, 0.29) is 18.1 Å². The molecule has 1 fully saturated rings. The highest BCUT2D eigenvalue weighted by molar-refractivity contribution is 5.81. The molecule has 0 aromatic carbocycles. The number of carbonyl (C=O) groups excluding carboxylic acids is 2. The van der Waals surface area contributed by atoms with Crippen molar-refractivity contribution < 1.29 is 19.1 Å². The number of nitrogens with one attached hydrogen (secondary N) is 1. The van der Waals surface area contributed by atoms with Gasteiger partial charge in [0.2, 0.25) is 0 Å². The smallest absolute Gasteiger partial charge is 0.407 e. The summed E-state index contributed by atoms with van der Waals surface area (Å²) in [5, 5.41) is 2.90. The molecule has 1 amide bonds. The van der Waals surface area contributed by atoms with E-state index in [0.29, 0.717) is 5.92 Å². The number of ether oxygens (including phenoxy) is 2. The van der Waals surface area contributed by atoms with E-state index in [9.17, 15) is 9.59 Å². The van der Waals surface area contributed by atoms with E-state index in [1.54, 1.807) is 0 Å². The first kappa shape index (κ1) is 16.5. The second kappa shape index (κ2) is 7.31. The molecule has 20 heavy (non-hydrogen) atoms. The van der Waals surface area contributed by atoms with Gasteiger partial charge in [-0.2, -0.15) is 0 Å². The van der Waals surface area contributed by atoms with Crippen LogP contribution in [-0.2, 0) is 14.3 Å². The van der Waals surface area contributed by atoms with Gasteiger partial charge in [-0.25, -0.2) is 9.59 Å². The Bertz CT molecular complexity index is 363. The van der Waals surface area contributed by atoms with E-state index < -0.39 is 5.60 Å². The quantitative estimate of drug-likeness (QED) is 0.639. The molecule has 0 radical (unpaired) electrons. The first-order chi connectivity index (χ1) is 9.30. The first-order valence-corrected chi connectivity index (χ1v) is 7.06. The Kier molecular flexibility index (Phi) is 6.05. The second-order valence-electron chi connectivity index (χ2n) is 6.14. The van der Waals surface area contributed by atoms with Gasteiger partial charge in [-0.05, 0) is 52.4 Å². The average Bonchev–Trinajstić information content (AvgIpc) is 2.35. The fourth-order valence-corrected chi connectivity index (χ4v) is 2.21. The minimum Gasteiger partial charge on any atom is -0.466 e. The van der Waals surface area contributed by atoms with Gasteiger partial charge >= 0.3 is 12.1 Å². The van der Waals surface area contributed by atoms with Crippen LogP contribution >= 0.6 is 0 Å². The number of esters is 1. The van der Waals surface area contributed by atoms with E-state index in [1.807, 2.05) is 26.8 Å². The van der Waals surface area contributed by atoms with Crippen LogP contribution in [0, 0.1) is 5.92 Å². The van der Waals surface area contributed by atoms with Crippen LogP contribution in [0.4, 0.5) is 4.79 Å². The fourth-order valence-electron chi connectivity index (χ4n) is 2.21. The minimum absolute atomic E-state index is 0.160. The first-order valence-electron chi connectivity index (χ1n) is 7.06. The summed E-state index contributed by atoms with van der Waals surface area (Å²) in [5.41, 5.74) is -0.468. The molecule has 0 unspecified atom stereocenters. The van der Waals surface area contributed by atoms with E-state index in [2.05, 4.69) is 10.1 Å². The Morgan fingerprint density at radius 1 is 1.15 bits per heavy atom. The zero-order valence-electron chi connectivity index (χ0n) is 12.8. The molecule has 0 atom stereocenters. The molecule has 5 nitrogen and oxygen atoms in total. The molecule has 1 saturated carbocycles. The number of amides is 1. The van der Waals surface area contributed by atoms with Crippen LogP contribution in [0.15, 0.2) is 12.2 Å². The minimum atomic E-state index is -0.468. The normalized spacial score (nSPS) is 23.4. The molecule has 1 aliphatic rings. The topological polar surface area (TPSA) is 64.6 Å². The maximum absolute atomic E-state index is 11.7. The summed E-state index contributed by atoms with van der Waals surface area (Å²) in [6.07, 6.45) is 6.72. The second-order valence-corrected chi connectivity index (χ2v) is 6.14. The highest BCUT2D eigenvalue weighted by Crippen LogP contribution is 2.25. The standard InChI is InChI=1S/C15H25NO4/c1-15(2,3)20-14(18)16-12-8-5-11(6-9-12)7-10-13(17)19-4/h7,10-12H,5-6,8-9H2,1-4H3,(H,16,18). The molecule has 0 aromatic rings. The van der Waals surface area contributed by atoms with Crippen molar-refractivity contribution in [2.75, 3.05) is 7.11 Å². The molecule has 1 rings (SSSR count). The Hall–Kier alpha value is -1.52. The summed E-state index contributed by atoms with van der Waals surface area (Å²) in [7, 11) is 1.37. The molecule has 1 N–H and O–H groups in total. The van der Waals surface area contributed by atoms with Crippen molar-refractivity contribution in [1.29, 1.82) is 0 Å². The molecular weight excluding hydrogens is 258 g/mol. The molecule has 5 heteroatoms. The lowest BCUT2D eigenvalue weighted by molar-refractivity contribution is -0.134. The number of allylic oxidation sites excluding steroid dienone is 1. The van der Waals surface area contributed by atoms with Gasteiger partial charge in [0, 0.05) is 12.1 Å². The number of alkyl carbamates (subject to hydrolysis) is 1. The third kappa shape index (κ3) is 6.59. The van der Waals surface area contributed by atoms with Gasteiger partial charge in [-0.15, -0.1) is 0 Å². The molecule has 0 aliphatic heterocycles. The Morgan fingerprint density at radius 2 is 1.75 bits per heavy atom. The predicted octanol–water partition coefficient (Wildman–Crippen LogP) is 2.80. The van der Waals surface area contributed by atoms with Crippen LogP contribution < -0.4 is 5.32 Å². The summed E-state index contributed by atoms with van der Waals surface area (Å²) in [5.74, 6) is 0.0600. The van der Waals surface area contributed by atoms with Gasteiger partial charge in [0.25, 0.3) is 0 Å². The summed E-state index contributed by atoms with van der Waals surface area (Å²) < 4.78 is 9.80. The average molecular weight is 283 g/mol. The van der Waals surface area contributed by atoms with Crippen LogP contribution in [0.5, 0.6) is 0 Å². The number of hydrogen-bond donors (Lipinski definition) is 1. The van der Waals surface area contributed by atoms with Crippen molar-refractivity contribution in [3.05, 3.63) is 12.2 Å². The molecule has 114 valence electrons. The van der Waals surface area contributed by atoms with Crippen molar-refractivity contribution in [3.63, 3.8) is 0 Å². The van der Waals surface area contributed by atoms with Gasteiger partial charge in [0.05, 0.1) is 7.11 Å². The third-order valence-corrected chi connectivity index (χ3v) is 3.20. The highest BCUT2D eigenvalue weighted by Gasteiger charge is 2.23. The van der Waals surface area contributed by atoms with Crippen molar-refractivity contribution in [1.82, 2.24) is 5.32 Å². The van der Waals surface area contributed by atoms with Gasteiger partial charge in [-0.1, -0.05) is 6.08 Å². The van der Waals surface area contributed by atoms with Gasteiger partial charge in [-0.3, -0.25) is 0 Å². The summed E-state index contributed by atoms with van der Waals surface area (Å²) >= 11 is 0. The van der Waals surface area contributed by atoms with Crippen molar-refractivity contribution in [2.45, 2.75) is 58.1 Å². The van der Waals surface area contributed by atoms with E-state index in [0.717, 1.165) is 25.7 Å². The fraction of sp³-hybridized carbons (Fsp3) is 0.733. The molecule has 0 bridgehead atoms. The number of carbonyl (C=O) groups is 2. The molecule has 0 saturated heterocycles. The lowest BCUT2D eigenvalue weighted by atomic mass is 9.86. The van der Waals surface area contributed by atoms with Crippen molar-refractivity contribution in [3.8, 4) is 0 Å². The van der Waals surface area contributed by atoms with E-state index >= 15 is 0 Å². The number of hydrogen-bond acceptors (Lipinski definition) is 4.